The van der Waals surface area contributed by atoms with Crippen LogP contribution in [0.2, 0.25) is 0 Å². The van der Waals surface area contributed by atoms with E-state index in [4.69, 9.17) is 28.4 Å². The van der Waals surface area contributed by atoms with Gasteiger partial charge in [-0.05, 0) is 0 Å². The molecule has 0 saturated carbocycles. The molecule has 1 saturated heterocycles. The molecular weight excluding hydrogens is 404 g/mol. The van der Waals surface area contributed by atoms with Gasteiger partial charge in [-0.2, -0.15) is 0 Å². The fourth-order valence-corrected chi connectivity index (χ4v) is 2.89. The second kappa shape index (κ2) is 20.0. The van der Waals surface area contributed by atoms with E-state index in [0.717, 1.165) is 32.7 Å². The average Bonchev–Trinajstić information content (AvgIpc) is 2.77. The molecule has 0 spiro atoms. The predicted molar refractivity (Wildman–Crippen MR) is 119 cm³/mol. The van der Waals surface area contributed by atoms with Crippen LogP contribution in [0.1, 0.15) is 13.8 Å². The van der Waals surface area contributed by atoms with Crippen LogP contribution in [0.15, 0.2) is 0 Å². The molecule has 0 bridgehead atoms. The first kappa shape index (κ1) is 28.4. The highest BCUT2D eigenvalue weighted by atomic mass is 16.6. The molecule has 0 aliphatic carbocycles. The maximum atomic E-state index is 11.8. The number of hydrogen-bond donors (Lipinski definition) is 0. The molecule has 0 aromatic carbocycles. The Kier molecular flexibility index (Phi) is 18.3. The molecule has 0 aromatic heterocycles. The molecule has 1 rings (SSSR count). The van der Waals surface area contributed by atoms with Crippen LogP contribution in [-0.4, -0.2) is 135 Å². The number of ether oxygens (including phenoxy) is 6. The summed E-state index contributed by atoms with van der Waals surface area (Å²) in [6, 6.07) is 0. The third-order valence-corrected chi connectivity index (χ3v) is 4.96. The van der Waals surface area contributed by atoms with Crippen molar-refractivity contribution in [2.75, 3.05) is 119 Å². The zero-order valence-corrected chi connectivity index (χ0v) is 19.9. The van der Waals surface area contributed by atoms with E-state index < -0.39 is 0 Å². The summed E-state index contributed by atoms with van der Waals surface area (Å²) in [6.45, 7) is 15.8. The summed E-state index contributed by atoms with van der Waals surface area (Å²) in [5.41, 5.74) is 0. The second-order valence-corrected chi connectivity index (χ2v) is 7.79. The molecule has 0 N–H and O–H groups in total. The first-order valence-corrected chi connectivity index (χ1v) is 11.5. The highest BCUT2D eigenvalue weighted by Crippen LogP contribution is 2.04. The fraction of sp³-hybridized carbons (Fsp3) is 0.955. The minimum Gasteiger partial charge on any atom is -0.382 e. The lowest BCUT2D eigenvalue weighted by Gasteiger charge is -2.34. The maximum Gasteiger partial charge on any atom is 0.149 e. The highest BCUT2D eigenvalue weighted by molar-refractivity contribution is 5.82. The summed E-state index contributed by atoms with van der Waals surface area (Å²) in [5.74, 6) is 0.450. The van der Waals surface area contributed by atoms with E-state index in [-0.39, 0.29) is 5.92 Å². The van der Waals surface area contributed by atoms with Crippen molar-refractivity contribution in [3.05, 3.63) is 0 Å². The van der Waals surface area contributed by atoms with Crippen LogP contribution >= 0.6 is 0 Å². The van der Waals surface area contributed by atoms with E-state index in [1.165, 1.54) is 0 Å². The van der Waals surface area contributed by atoms with E-state index in [0.29, 0.717) is 85.0 Å². The Bertz CT molecular complexity index is 419. The van der Waals surface area contributed by atoms with Crippen molar-refractivity contribution in [3.63, 3.8) is 0 Å². The lowest BCUT2D eigenvalue weighted by molar-refractivity contribution is -0.123. The quantitative estimate of drug-likeness (QED) is 0.234. The van der Waals surface area contributed by atoms with Crippen LogP contribution in [0, 0.1) is 5.92 Å². The van der Waals surface area contributed by atoms with Gasteiger partial charge in [0.05, 0.1) is 79.2 Å². The lowest BCUT2D eigenvalue weighted by Crippen LogP contribution is -2.49. The molecule has 1 fully saturated rings. The van der Waals surface area contributed by atoms with Gasteiger partial charge >= 0.3 is 0 Å². The van der Waals surface area contributed by atoms with Crippen molar-refractivity contribution in [2.24, 2.45) is 5.92 Å². The Morgan fingerprint density at radius 2 is 1.03 bits per heavy atom. The molecule has 0 aromatic rings. The Morgan fingerprint density at radius 3 is 1.45 bits per heavy atom. The number of hydrogen-bond acceptors (Lipinski definition) is 9. The van der Waals surface area contributed by atoms with Gasteiger partial charge in [0, 0.05) is 45.8 Å². The summed E-state index contributed by atoms with van der Waals surface area (Å²) in [6.07, 6.45) is 0. The van der Waals surface area contributed by atoms with Gasteiger partial charge in [-0.1, -0.05) is 13.8 Å². The number of carbonyl (C=O) groups is 1. The third kappa shape index (κ3) is 16.6. The van der Waals surface area contributed by atoms with Crippen LogP contribution in [0.3, 0.4) is 0 Å². The number of nitrogens with zero attached hydrogens (tertiary/aromatic N) is 2. The van der Waals surface area contributed by atoms with E-state index in [2.05, 4.69) is 9.80 Å². The van der Waals surface area contributed by atoms with E-state index >= 15 is 0 Å². The first-order chi connectivity index (χ1) is 15.1. The van der Waals surface area contributed by atoms with Gasteiger partial charge in [-0.25, -0.2) is 0 Å². The summed E-state index contributed by atoms with van der Waals surface area (Å²) in [5, 5.41) is 0. The largest absolute Gasteiger partial charge is 0.382 e. The van der Waals surface area contributed by atoms with Gasteiger partial charge in [0.15, 0.2) is 0 Å². The standard InChI is InChI=1S/C22H44N2O7/c1-21(2)22(25)20-24-6-4-23(5-7-24)8-9-27-12-13-29-16-17-31-19-18-30-15-14-28-11-10-26-3/h21H,4-20H2,1-3H3. The number of rotatable bonds is 21. The molecule has 31 heavy (non-hydrogen) atoms. The van der Waals surface area contributed by atoms with Crippen molar-refractivity contribution in [3.8, 4) is 0 Å². The fourth-order valence-electron chi connectivity index (χ4n) is 2.89. The summed E-state index contributed by atoms with van der Waals surface area (Å²) in [4.78, 5) is 16.5. The zero-order valence-electron chi connectivity index (χ0n) is 19.9. The molecular formula is C22H44N2O7. The monoisotopic (exact) mass is 448 g/mol. The number of piperazine rings is 1. The molecule has 9 nitrogen and oxygen atoms in total. The minimum atomic E-state index is 0.121. The Labute approximate surface area is 188 Å². The van der Waals surface area contributed by atoms with Crippen LogP contribution in [0.5, 0.6) is 0 Å². The Hall–Kier alpha value is -0.650. The third-order valence-electron chi connectivity index (χ3n) is 4.96. The minimum absolute atomic E-state index is 0.121. The van der Waals surface area contributed by atoms with E-state index in [9.17, 15) is 4.79 Å². The number of Topliss-reactive ketones (excluding diaryl/α,β-unsaturated/α-hetero) is 1. The zero-order chi connectivity index (χ0) is 22.6. The summed E-state index contributed by atoms with van der Waals surface area (Å²) in [7, 11) is 1.65. The first-order valence-electron chi connectivity index (χ1n) is 11.5. The molecule has 0 atom stereocenters. The number of carbonyl (C=O) groups excluding carboxylic acids is 1. The number of ketones is 1. The maximum absolute atomic E-state index is 11.8. The van der Waals surface area contributed by atoms with Gasteiger partial charge in [-0.15, -0.1) is 0 Å². The highest BCUT2D eigenvalue weighted by Gasteiger charge is 2.19. The molecule has 1 heterocycles. The van der Waals surface area contributed by atoms with Crippen LogP contribution in [0.4, 0.5) is 0 Å². The second-order valence-electron chi connectivity index (χ2n) is 7.79. The molecule has 0 radical (unpaired) electrons. The molecule has 0 unspecified atom stereocenters. The van der Waals surface area contributed by atoms with Gasteiger partial charge < -0.3 is 28.4 Å². The molecule has 9 heteroatoms. The van der Waals surface area contributed by atoms with Crippen LogP contribution < -0.4 is 0 Å². The van der Waals surface area contributed by atoms with Crippen molar-refractivity contribution < 1.29 is 33.2 Å². The molecule has 184 valence electrons. The normalized spacial score (nSPS) is 15.7. The van der Waals surface area contributed by atoms with E-state index in [1.807, 2.05) is 13.8 Å². The van der Waals surface area contributed by atoms with Gasteiger partial charge in [-0.3, -0.25) is 14.6 Å². The van der Waals surface area contributed by atoms with Crippen molar-refractivity contribution in [2.45, 2.75) is 13.8 Å². The van der Waals surface area contributed by atoms with Crippen molar-refractivity contribution in [1.29, 1.82) is 0 Å². The predicted octanol–water partition coefficient (Wildman–Crippen LogP) is 0.559. The topological polar surface area (TPSA) is 78.9 Å². The molecule has 1 aliphatic heterocycles. The van der Waals surface area contributed by atoms with Crippen LogP contribution in [-0.2, 0) is 33.2 Å². The van der Waals surface area contributed by atoms with Crippen LogP contribution in [0.25, 0.3) is 0 Å². The summed E-state index contributed by atoms with van der Waals surface area (Å²) < 4.78 is 32.2. The lowest BCUT2D eigenvalue weighted by atomic mass is 10.1. The Balaban J connectivity index is 1.77. The Morgan fingerprint density at radius 1 is 0.645 bits per heavy atom. The molecule has 0 amide bonds. The SMILES string of the molecule is COCCOCCOCCOCCOCCOCCN1CCN(CC(=O)C(C)C)CC1. The van der Waals surface area contributed by atoms with E-state index in [1.54, 1.807) is 7.11 Å². The van der Waals surface area contributed by atoms with Gasteiger partial charge in [0.2, 0.25) is 0 Å². The van der Waals surface area contributed by atoms with Gasteiger partial charge in [0.25, 0.3) is 0 Å². The smallest absolute Gasteiger partial charge is 0.149 e. The summed E-state index contributed by atoms with van der Waals surface area (Å²) >= 11 is 0. The van der Waals surface area contributed by atoms with Crippen molar-refractivity contribution >= 4 is 5.78 Å². The van der Waals surface area contributed by atoms with Gasteiger partial charge in [0.1, 0.15) is 5.78 Å². The van der Waals surface area contributed by atoms with Crippen molar-refractivity contribution in [1.82, 2.24) is 9.80 Å². The number of methoxy groups -OCH3 is 1. The molecule has 1 aliphatic rings. The average molecular weight is 449 g/mol.